The Kier molecular flexibility index (Phi) is 5.88. The van der Waals surface area contributed by atoms with Crippen LogP contribution in [0.5, 0.6) is 0 Å². The maximum atomic E-state index is 12.7. The molecule has 2 aliphatic rings. The molecule has 0 unspecified atom stereocenters. The molecule has 0 aliphatic carbocycles. The third-order valence-electron chi connectivity index (χ3n) is 5.85. The van der Waals surface area contributed by atoms with Gasteiger partial charge in [0.15, 0.2) is 0 Å². The number of carbonyl (C=O) groups is 4. The van der Waals surface area contributed by atoms with Gasteiger partial charge in [0.25, 0.3) is 23.6 Å². The van der Waals surface area contributed by atoms with Gasteiger partial charge in [-0.15, -0.1) is 0 Å². The Hall–Kier alpha value is -3.42. The van der Waals surface area contributed by atoms with Gasteiger partial charge >= 0.3 is 0 Å². The Balaban J connectivity index is 1.36. The molecule has 31 heavy (non-hydrogen) atoms. The number of carbonyl (C=O) groups excluding carboxylic acids is 4. The van der Waals surface area contributed by atoms with Gasteiger partial charge in [-0.2, -0.15) is 0 Å². The molecule has 3 heterocycles. The van der Waals surface area contributed by atoms with Crippen LogP contribution in [0.1, 0.15) is 74.0 Å². The summed E-state index contributed by atoms with van der Waals surface area (Å²) in [5.41, 5.74) is 1.51. The molecule has 0 atom stereocenters. The Bertz CT molecular complexity index is 1010. The minimum atomic E-state index is -0.339. The zero-order chi connectivity index (χ0) is 22.0. The van der Waals surface area contributed by atoms with Gasteiger partial charge in [0.2, 0.25) is 0 Å². The first-order valence-electron chi connectivity index (χ1n) is 10.6. The molecule has 4 rings (SSSR count). The first kappa shape index (κ1) is 20.8. The third-order valence-corrected chi connectivity index (χ3v) is 5.85. The lowest BCUT2D eigenvalue weighted by molar-refractivity contribution is 0.0649. The van der Waals surface area contributed by atoms with Gasteiger partial charge in [0, 0.05) is 31.2 Å². The summed E-state index contributed by atoms with van der Waals surface area (Å²) in [5, 5.41) is 2.99. The lowest BCUT2D eigenvalue weighted by atomic mass is 10.0. The molecule has 1 aromatic heterocycles. The molecule has 0 radical (unpaired) electrons. The maximum absolute atomic E-state index is 12.7. The van der Waals surface area contributed by atoms with E-state index in [0.29, 0.717) is 49.2 Å². The van der Waals surface area contributed by atoms with E-state index < -0.39 is 0 Å². The zero-order valence-corrected chi connectivity index (χ0v) is 17.4. The summed E-state index contributed by atoms with van der Waals surface area (Å²) in [5.74, 6) is -0.994. The summed E-state index contributed by atoms with van der Waals surface area (Å²) in [6.45, 7) is 3.47. The largest absolute Gasteiger partial charge is 0.472 e. The van der Waals surface area contributed by atoms with Crippen molar-refractivity contribution in [1.82, 2.24) is 15.1 Å². The summed E-state index contributed by atoms with van der Waals surface area (Å²) in [7, 11) is 0. The van der Waals surface area contributed by atoms with Gasteiger partial charge in [-0.1, -0.05) is 13.3 Å². The molecule has 1 fully saturated rings. The predicted molar refractivity (Wildman–Crippen MR) is 112 cm³/mol. The van der Waals surface area contributed by atoms with Gasteiger partial charge < -0.3 is 14.6 Å². The molecule has 2 aromatic rings. The van der Waals surface area contributed by atoms with E-state index in [4.69, 9.17) is 4.42 Å². The molecule has 1 aromatic carbocycles. The molecule has 0 bridgehead atoms. The summed E-state index contributed by atoms with van der Waals surface area (Å²) in [6, 6.07) is 6.23. The Morgan fingerprint density at radius 1 is 1.06 bits per heavy atom. The van der Waals surface area contributed by atoms with Gasteiger partial charge in [0.05, 0.1) is 23.0 Å². The number of rotatable bonds is 6. The highest BCUT2D eigenvalue weighted by Crippen LogP contribution is 2.25. The second-order valence-corrected chi connectivity index (χ2v) is 7.93. The van der Waals surface area contributed by atoms with E-state index >= 15 is 0 Å². The highest BCUT2D eigenvalue weighted by molar-refractivity contribution is 6.22. The van der Waals surface area contributed by atoms with Crippen molar-refractivity contribution in [2.45, 2.75) is 38.6 Å². The summed E-state index contributed by atoms with van der Waals surface area (Å²) >= 11 is 0. The van der Waals surface area contributed by atoms with Crippen molar-refractivity contribution in [1.29, 1.82) is 0 Å². The van der Waals surface area contributed by atoms with Crippen LogP contribution in [0.25, 0.3) is 0 Å². The number of nitrogens with one attached hydrogen (secondary N) is 1. The monoisotopic (exact) mass is 423 g/mol. The number of fused-ring (bicyclic) bond motifs is 1. The van der Waals surface area contributed by atoms with Crippen LogP contribution in [0, 0.1) is 0 Å². The van der Waals surface area contributed by atoms with Crippen molar-refractivity contribution in [3.05, 3.63) is 59.0 Å². The summed E-state index contributed by atoms with van der Waals surface area (Å²) in [6.07, 6.45) is 5.82. The molecule has 1 saturated heterocycles. The Morgan fingerprint density at radius 2 is 1.81 bits per heavy atom. The average Bonchev–Trinajstić information content (AvgIpc) is 3.40. The van der Waals surface area contributed by atoms with Crippen molar-refractivity contribution >= 4 is 23.6 Å². The maximum Gasteiger partial charge on any atom is 0.261 e. The van der Waals surface area contributed by atoms with E-state index in [1.165, 1.54) is 23.5 Å². The fraction of sp³-hybridized carbons (Fsp3) is 0.391. The molecule has 162 valence electrons. The molecule has 8 heteroatoms. The van der Waals surface area contributed by atoms with Crippen molar-refractivity contribution in [3.8, 4) is 0 Å². The topological polar surface area (TPSA) is 99.9 Å². The van der Waals surface area contributed by atoms with Crippen LogP contribution < -0.4 is 5.32 Å². The van der Waals surface area contributed by atoms with E-state index in [-0.39, 0.29) is 35.2 Å². The third kappa shape index (κ3) is 4.10. The number of nitrogens with zero attached hydrogens (tertiary/aromatic N) is 2. The lowest BCUT2D eigenvalue weighted by Gasteiger charge is -2.32. The van der Waals surface area contributed by atoms with Crippen LogP contribution in [0.2, 0.25) is 0 Å². The van der Waals surface area contributed by atoms with E-state index in [1.807, 2.05) is 6.92 Å². The van der Waals surface area contributed by atoms with E-state index in [0.717, 1.165) is 12.8 Å². The molecule has 1 N–H and O–H groups in total. The van der Waals surface area contributed by atoms with Crippen molar-refractivity contribution in [3.63, 3.8) is 0 Å². The zero-order valence-electron chi connectivity index (χ0n) is 17.4. The molecule has 0 saturated carbocycles. The second kappa shape index (κ2) is 8.75. The van der Waals surface area contributed by atoms with Crippen molar-refractivity contribution in [2.75, 3.05) is 19.6 Å². The van der Waals surface area contributed by atoms with Gasteiger partial charge in [-0.05, 0) is 43.5 Å². The smallest absolute Gasteiger partial charge is 0.261 e. The molecule has 0 spiro atoms. The number of amides is 4. The first-order chi connectivity index (χ1) is 15.0. The molecule has 2 aliphatic heterocycles. The molecular weight excluding hydrogens is 398 g/mol. The predicted octanol–water partition coefficient (Wildman–Crippen LogP) is 2.71. The highest BCUT2D eigenvalue weighted by atomic mass is 16.3. The van der Waals surface area contributed by atoms with Crippen molar-refractivity contribution in [2.24, 2.45) is 0 Å². The summed E-state index contributed by atoms with van der Waals surface area (Å²) in [4.78, 5) is 53.2. The van der Waals surface area contributed by atoms with E-state index in [1.54, 1.807) is 23.1 Å². The minimum absolute atomic E-state index is 0.0625. The van der Waals surface area contributed by atoms with Gasteiger partial charge in [-0.25, -0.2) is 0 Å². The van der Waals surface area contributed by atoms with E-state index in [2.05, 4.69) is 5.32 Å². The van der Waals surface area contributed by atoms with Crippen LogP contribution in [0.15, 0.2) is 41.2 Å². The molecular formula is C23H25N3O5. The normalized spacial score (nSPS) is 16.5. The number of benzene rings is 1. The Labute approximate surface area is 180 Å². The fourth-order valence-corrected chi connectivity index (χ4v) is 4.02. The highest BCUT2D eigenvalue weighted by Gasteiger charge is 2.35. The summed E-state index contributed by atoms with van der Waals surface area (Å²) < 4.78 is 4.97. The van der Waals surface area contributed by atoms with Crippen molar-refractivity contribution < 1.29 is 23.6 Å². The van der Waals surface area contributed by atoms with E-state index in [9.17, 15) is 19.2 Å². The SMILES string of the molecule is CCCCN1C(=O)c2ccc(C(=O)NC3CCN(C(=O)c4ccoc4)CC3)cc2C1=O. The Morgan fingerprint density at radius 3 is 2.48 bits per heavy atom. The number of hydrogen-bond acceptors (Lipinski definition) is 5. The van der Waals surface area contributed by atoms with Crippen LogP contribution >= 0.6 is 0 Å². The van der Waals surface area contributed by atoms with Gasteiger partial charge in [0.1, 0.15) is 6.26 Å². The van der Waals surface area contributed by atoms with Gasteiger partial charge in [-0.3, -0.25) is 24.1 Å². The number of imide groups is 1. The molecule has 4 amide bonds. The minimum Gasteiger partial charge on any atom is -0.472 e. The number of piperidine rings is 1. The number of furan rings is 1. The second-order valence-electron chi connectivity index (χ2n) is 7.93. The standard InChI is InChI=1S/C23H25N3O5/c1-2-3-9-26-22(29)18-5-4-15(13-19(18)23(26)30)20(27)24-17-6-10-25(11-7-17)21(28)16-8-12-31-14-16/h4-5,8,12-14,17H,2-3,6-7,9-11H2,1H3,(H,24,27). The molecule has 8 nitrogen and oxygen atoms in total. The van der Waals surface area contributed by atoms with Crippen LogP contribution in [-0.4, -0.2) is 59.1 Å². The first-order valence-corrected chi connectivity index (χ1v) is 10.6. The number of hydrogen-bond donors (Lipinski definition) is 1. The lowest BCUT2D eigenvalue weighted by Crippen LogP contribution is -2.46. The quantitative estimate of drug-likeness (QED) is 0.720. The average molecular weight is 423 g/mol. The van der Waals surface area contributed by atoms with Crippen LogP contribution in [0.4, 0.5) is 0 Å². The number of unbranched alkanes of at least 4 members (excludes halogenated alkanes) is 1. The van der Waals surface area contributed by atoms with Crippen LogP contribution in [-0.2, 0) is 0 Å². The number of likely N-dealkylation sites (tertiary alicyclic amines) is 1. The van der Waals surface area contributed by atoms with Crippen LogP contribution in [0.3, 0.4) is 0 Å². The fourth-order valence-electron chi connectivity index (χ4n) is 4.02.